The minimum Gasteiger partial charge on any atom is -0.508 e. The molecule has 1 saturated carbocycles. The molecule has 1 fully saturated rings. The summed E-state index contributed by atoms with van der Waals surface area (Å²) in [5.74, 6) is 0.931. The molecule has 0 aromatic heterocycles. The summed E-state index contributed by atoms with van der Waals surface area (Å²) in [5, 5.41) is 13.6. The van der Waals surface area contributed by atoms with E-state index in [4.69, 9.17) is 14.2 Å². The molecule has 0 radical (unpaired) electrons. The Labute approximate surface area is 217 Å². The molecular formula is C30H34FNO5. The van der Waals surface area contributed by atoms with Crippen molar-refractivity contribution in [1.82, 2.24) is 5.32 Å². The molecule has 196 valence electrons. The fourth-order valence-corrected chi connectivity index (χ4v) is 4.78. The molecule has 0 bridgehead atoms. The number of nitrogens with one attached hydrogen (secondary N) is 1. The summed E-state index contributed by atoms with van der Waals surface area (Å²) in [4.78, 5) is 11.3. The van der Waals surface area contributed by atoms with E-state index >= 15 is 0 Å². The molecule has 0 saturated heterocycles. The van der Waals surface area contributed by atoms with Crippen molar-refractivity contribution >= 4 is 5.91 Å². The van der Waals surface area contributed by atoms with Gasteiger partial charge in [-0.3, -0.25) is 4.79 Å². The molecule has 0 aliphatic heterocycles. The van der Waals surface area contributed by atoms with Crippen LogP contribution in [0.25, 0.3) is 11.1 Å². The summed E-state index contributed by atoms with van der Waals surface area (Å²) in [6.45, 7) is 2.32. The monoisotopic (exact) mass is 507 g/mol. The Hall–Kier alpha value is -3.58. The number of aromatic hydroxyl groups is 1. The molecule has 0 heterocycles. The lowest BCUT2D eigenvalue weighted by atomic mass is 9.94. The molecule has 0 unspecified atom stereocenters. The average Bonchev–Trinajstić information content (AvgIpc) is 2.89. The Morgan fingerprint density at radius 1 is 1.03 bits per heavy atom. The summed E-state index contributed by atoms with van der Waals surface area (Å²) in [6, 6.07) is 17.6. The van der Waals surface area contributed by atoms with E-state index in [-0.39, 0.29) is 29.7 Å². The molecule has 7 heteroatoms. The first-order chi connectivity index (χ1) is 17.9. The first-order valence-electron chi connectivity index (χ1n) is 12.7. The zero-order valence-corrected chi connectivity index (χ0v) is 21.3. The third-order valence-corrected chi connectivity index (χ3v) is 6.68. The molecule has 3 aromatic rings. The topological polar surface area (TPSA) is 77.0 Å². The zero-order valence-electron chi connectivity index (χ0n) is 21.3. The molecule has 0 atom stereocenters. The van der Waals surface area contributed by atoms with Gasteiger partial charge in [0.1, 0.15) is 23.1 Å². The van der Waals surface area contributed by atoms with Crippen molar-refractivity contribution in [3.63, 3.8) is 0 Å². The highest BCUT2D eigenvalue weighted by Gasteiger charge is 2.24. The van der Waals surface area contributed by atoms with Gasteiger partial charge in [-0.15, -0.1) is 0 Å². The van der Waals surface area contributed by atoms with Crippen LogP contribution >= 0.6 is 0 Å². The maximum Gasteiger partial charge on any atom is 0.216 e. The fourth-order valence-electron chi connectivity index (χ4n) is 4.78. The SMILES string of the molecule is COc1ccccc1COC1CCC(Oc2cc(O)c(CCNC(C)=O)c(-c3cccc(F)c3)c2)CC1. The molecule has 3 aromatic carbocycles. The van der Waals surface area contributed by atoms with E-state index in [9.17, 15) is 14.3 Å². The lowest BCUT2D eigenvalue weighted by molar-refractivity contribution is -0.118. The van der Waals surface area contributed by atoms with Crippen LogP contribution in [0.15, 0.2) is 60.7 Å². The van der Waals surface area contributed by atoms with Gasteiger partial charge in [-0.05, 0) is 67.5 Å². The van der Waals surface area contributed by atoms with Crippen LogP contribution in [0.1, 0.15) is 43.7 Å². The van der Waals surface area contributed by atoms with E-state index < -0.39 is 0 Å². The lowest BCUT2D eigenvalue weighted by Crippen LogP contribution is -2.28. The van der Waals surface area contributed by atoms with Gasteiger partial charge in [-0.1, -0.05) is 30.3 Å². The summed E-state index contributed by atoms with van der Waals surface area (Å²) in [7, 11) is 1.66. The first-order valence-corrected chi connectivity index (χ1v) is 12.7. The molecule has 1 aliphatic rings. The van der Waals surface area contributed by atoms with E-state index in [1.165, 1.54) is 19.1 Å². The molecular weight excluding hydrogens is 473 g/mol. The van der Waals surface area contributed by atoms with Gasteiger partial charge in [0.15, 0.2) is 0 Å². The minimum atomic E-state index is -0.359. The Bertz CT molecular complexity index is 1210. The van der Waals surface area contributed by atoms with Gasteiger partial charge < -0.3 is 24.6 Å². The third-order valence-electron chi connectivity index (χ3n) is 6.68. The van der Waals surface area contributed by atoms with E-state index in [0.717, 1.165) is 37.0 Å². The standard InChI is InChI=1S/C30H34FNO5/c1-20(33)32-15-14-27-28(21-7-5-8-23(31)16-21)17-26(18-29(27)34)37-25-12-10-24(11-13-25)36-19-22-6-3-4-9-30(22)35-2/h3-9,16-18,24-25,34H,10-15,19H2,1-2H3,(H,32,33). The number of rotatable bonds is 10. The number of carbonyl (C=O) groups is 1. The van der Waals surface area contributed by atoms with Crippen LogP contribution in [0.2, 0.25) is 0 Å². The van der Waals surface area contributed by atoms with Crippen LogP contribution in [0.5, 0.6) is 17.2 Å². The fraction of sp³-hybridized carbons (Fsp3) is 0.367. The highest BCUT2D eigenvalue weighted by Crippen LogP contribution is 2.37. The number of hydrogen-bond acceptors (Lipinski definition) is 5. The second-order valence-corrected chi connectivity index (χ2v) is 9.35. The number of phenolic OH excluding ortho intramolecular Hbond substituents is 1. The molecule has 2 N–H and O–H groups in total. The van der Waals surface area contributed by atoms with Crippen LogP contribution < -0.4 is 14.8 Å². The van der Waals surface area contributed by atoms with Crippen LogP contribution in [0.3, 0.4) is 0 Å². The van der Waals surface area contributed by atoms with Crippen molar-refractivity contribution < 1.29 is 28.5 Å². The highest BCUT2D eigenvalue weighted by molar-refractivity contribution is 5.74. The predicted molar refractivity (Wildman–Crippen MR) is 140 cm³/mol. The van der Waals surface area contributed by atoms with E-state index in [2.05, 4.69) is 5.32 Å². The average molecular weight is 508 g/mol. The maximum absolute atomic E-state index is 14.0. The van der Waals surface area contributed by atoms with Gasteiger partial charge in [0.25, 0.3) is 0 Å². The normalized spacial score (nSPS) is 17.3. The molecule has 1 amide bonds. The number of hydrogen-bond donors (Lipinski definition) is 2. The number of carbonyl (C=O) groups excluding carboxylic acids is 1. The van der Waals surface area contributed by atoms with Crippen LogP contribution in [-0.2, 0) is 22.6 Å². The number of ether oxygens (including phenoxy) is 3. The second kappa shape index (κ2) is 12.6. The number of benzene rings is 3. The van der Waals surface area contributed by atoms with Crippen molar-refractivity contribution in [3.05, 3.63) is 77.6 Å². The smallest absolute Gasteiger partial charge is 0.216 e. The van der Waals surface area contributed by atoms with E-state index in [0.29, 0.717) is 42.0 Å². The lowest BCUT2D eigenvalue weighted by Gasteiger charge is -2.29. The highest BCUT2D eigenvalue weighted by atomic mass is 19.1. The van der Waals surface area contributed by atoms with Crippen molar-refractivity contribution in [2.24, 2.45) is 0 Å². The molecule has 1 aliphatic carbocycles. The molecule has 6 nitrogen and oxygen atoms in total. The van der Waals surface area contributed by atoms with Gasteiger partial charge in [0.05, 0.1) is 25.9 Å². The Morgan fingerprint density at radius 2 is 1.78 bits per heavy atom. The number of para-hydroxylation sites is 1. The molecule has 0 spiro atoms. The number of phenols is 1. The Kier molecular flexibility index (Phi) is 9.01. The zero-order chi connectivity index (χ0) is 26.2. The largest absolute Gasteiger partial charge is 0.508 e. The second-order valence-electron chi connectivity index (χ2n) is 9.35. The van der Waals surface area contributed by atoms with Gasteiger partial charge in [-0.2, -0.15) is 0 Å². The predicted octanol–water partition coefficient (Wildman–Crippen LogP) is 5.79. The Morgan fingerprint density at radius 3 is 2.51 bits per heavy atom. The van der Waals surface area contributed by atoms with Crippen molar-refractivity contribution in [2.75, 3.05) is 13.7 Å². The van der Waals surface area contributed by atoms with Gasteiger partial charge >= 0.3 is 0 Å². The minimum absolute atomic E-state index is 0.00361. The summed E-state index contributed by atoms with van der Waals surface area (Å²) in [6.07, 6.45) is 3.96. The van der Waals surface area contributed by atoms with Crippen LogP contribution in [-0.4, -0.2) is 36.9 Å². The van der Waals surface area contributed by atoms with E-state index in [1.807, 2.05) is 30.3 Å². The number of amides is 1. The van der Waals surface area contributed by atoms with Crippen molar-refractivity contribution in [2.45, 2.75) is 57.8 Å². The number of methoxy groups -OCH3 is 1. The van der Waals surface area contributed by atoms with Crippen LogP contribution in [0.4, 0.5) is 4.39 Å². The molecule has 4 rings (SSSR count). The van der Waals surface area contributed by atoms with Gasteiger partial charge in [0, 0.05) is 30.7 Å². The first kappa shape index (κ1) is 26.5. The quantitative estimate of drug-likeness (QED) is 0.363. The molecule has 37 heavy (non-hydrogen) atoms. The van der Waals surface area contributed by atoms with Gasteiger partial charge in [0.2, 0.25) is 5.91 Å². The van der Waals surface area contributed by atoms with Crippen LogP contribution in [0, 0.1) is 5.82 Å². The van der Waals surface area contributed by atoms with Crippen molar-refractivity contribution in [1.29, 1.82) is 0 Å². The summed E-state index contributed by atoms with van der Waals surface area (Å²) in [5.41, 5.74) is 3.00. The van der Waals surface area contributed by atoms with Crippen molar-refractivity contribution in [3.8, 4) is 28.4 Å². The summed E-state index contributed by atoms with van der Waals surface area (Å²) < 4.78 is 31.8. The Balaban J connectivity index is 1.41. The van der Waals surface area contributed by atoms with E-state index in [1.54, 1.807) is 25.3 Å². The maximum atomic E-state index is 14.0. The number of halogens is 1. The van der Waals surface area contributed by atoms with Gasteiger partial charge in [-0.25, -0.2) is 4.39 Å². The summed E-state index contributed by atoms with van der Waals surface area (Å²) >= 11 is 0. The third kappa shape index (κ3) is 7.23.